The van der Waals surface area contributed by atoms with E-state index >= 15 is 0 Å². The van der Waals surface area contributed by atoms with E-state index in [1.54, 1.807) is 32.5 Å². The molecule has 0 aliphatic carbocycles. The van der Waals surface area contributed by atoms with Crippen LogP contribution in [0.2, 0.25) is 0 Å². The molecule has 2 aromatic rings. The van der Waals surface area contributed by atoms with Gasteiger partial charge in [-0.05, 0) is 42.7 Å². The van der Waals surface area contributed by atoms with Gasteiger partial charge in [-0.2, -0.15) is 0 Å². The van der Waals surface area contributed by atoms with E-state index in [0.29, 0.717) is 23.6 Å². The van der Waals surface area contributed by atoms with E-state index < -0.39 is 0 Å². The van der Waals surface area contributed by atoms with Gasteiger partial charge < -0.3 is 19.7 Å². The fourth-order valence-corrected chi connectivity index (χ4v) is 3.00. The molecule has 1 N–H and O–H groups in total. The highest BCUT2D eigenvalue weighted by molar-refractivity contribution is 5.98. The highest BCUT2D eigenvalue weighted by Gasteiger charge is 2.20. The maximum absolute atomic E-state index is 12.7. The first-order valence-electron chi connectivity index (χ1n) is 8.41. The van der Waals surface area contributed by atoms with Gasteiger partial charge in [0.05, 0.1) is 19.8 Å². The Bertz CT molecular complexity index is 720. The molecule has 3 rings (SSSR count). The molecule has 0 atom stereocenters. The van der Waals surface area contributed by atoms with Crippen molar-refractivity contribution < 1.29 is 14.3 Å². The van der Waals surface area contributed by atoms with E-state index in [0.717, 1.165) is 37.3 Å². The normalized spacial score (nSPS) is 13.6. The number of carbonyl (C=O) groups excluding carboxylic acids is 1. The zero-order valence-corrected chi connectivity index (χ0v) is 14.6. The lowest BCUT2D eigenvalue weighted by atomic mass is 10.1. The van der Waals surface area contributed by atoms with Gasteiger partial charge in [-0.1, -0.05) is 0 Å². The molecule has 132 valence electrons. The van der Waals surface area contributed by atoms with Crippen LogP contribution in [0.4, 0.5) is 5.82 Å². The van der Waals surface area contributed by atoms with E-state index in [9.17, 15) is 4.79 Å². The Balaban J connectivity index is 1.73. The summed E-state index contributed by atoms with van der Waals surface area (Å²) in [5.74, 6) is 2.03. The molecule has 2 heterocycles. The molecule has 1 fully saturated rings. The van der Waals surface area contributed by atoms with Crippen molar-refractivity contribution in [1.82, 2.24) is 10.3 Å². The molecule has 0 radical (unpaired) electrons. The van der Waals surface area contributed by atoms with Crippen LogP contribution in [-0.2, 0) is 6.54 Å². The number of carbonyl (C=O) groups is 1. The van der Waals surface area contributed by atoms with Gasteiger partial charge in [0.15, 0.2) is 0 Å². The smallest absolute Gasteiger partial charge is 0.255 e. The molecule has 1 aromatic carbocycles. The van der Waals surface area contributed by atoms with E-state index in [1.807, 2.05) is 18.2 Å². The van der Waals surface area contributed by atoms with Gasteiger partial charge in [0.25, 0.3) is 5.91 Å². The van der Waals surface area contributed by atoms with Gasteiger partial charge in [-0.15, -0.1) is 0 Å². The lowest BCUT2D eigenvalue weighted by Gasteiger charge is -2.19. The fraction of sp³-hybridized carbons (Fsp3) is 0.368. The first kappa shape index (κ1) is 17.1. The number of hydrogen-bond acceptors (Lipinski definition) is 5. The monoisotopic (exact) mass is 341 g/mol. The van der Waals surface area contributed by atoms with Crippen molar-refractivity contribution >= 4 is 11.7 Å². The maximum atomic E-state index is 12.7. The summed E-state index contributed by atoms with van der Waals surface area (Å²) in [5, 5.41) is 2.97. The number of nitrogens with one attached hydrogen (secondary N) is 1. The molecule has 0 bridgehead atoms. The number of hydrogen-bond donors (Lipinski definition) is 1. The summed E-state index contributed by atoms with van der Waals surface area (Å²) in [7, 11) is 3.21. The average molecular weight is 341 g/mol. The minimum absolute atomic E-state index is 0.128. The van der Waals surface area contributed by atoms with Crippen LogP contribution in [-0.4, -0.2) is 38.2 Å². The van der Waals surface area contributed by atoms with Crippen LogP contribution in [0.5, 0.6) is 11.5 Å². The molecule has 0 spiro atoms. The molecule has 0 unspecified atom stereocenters. The summed E-state index contributed by atoms with van der Waals surface area (Å²) in [5.41, 5.74) is 1.52. The van der Waals surface area contributed by atoms with Crippen LogP contribution in [0.15, 0.2) is 36.5 Å². The summed E-state index contributed by atoms with van der Waals surface area (Å²) < 4.78 is 10.5. The summed E-state index contributed by atoms with van der Waals surface area (Å²) in [6.07, 6.45) is 4.01. The molecule has 1 amide bonds. The Kier molecular flexibility index (Phi) is 5.38. The third-order valence-electron chi connectivity index (χ3n) is 4.30. The Hall–Kier alpha value is -2.76. The first-order chi connectivity index (χ1) is 12.2. The number of nitrogens with zero attached hydrogens (tertiary/aromatic N) is 2. The summed E-state index contributed by atoms with van der Waals surface area (Å²) in [6.45, 7) is 2.29. The number of amides is 1. The predicted octanol–water partition coefficient (Wildman–Crippen LogP) is 2.63. The Morgan fingerprint density at radius 3 is 2.48 bits per heavy atom. The molecule has 1 aromatic heterocycles. The van der Waals surface area contributed by atoms with Crippen LogP contribution < -0.4 is 19.7 Å². The Labute approximate surface area is 147 Å². The highest BCUT2D eigenvalue weighted by Crippen LogP contribution is 2.24. The van der Waals surface area contributed by atoms with Gasteiger partial charge in [-0.3, -0.25) is 4.79 Å². The van der Waals surface area contributed by atoms with Crippen molar-refractivity contribution in [3.63, 3.8) is 0 Å². The van der Waals surface area contributed by atoms with Crippen LogP contribution in [0.3, 0.4) is 0 Å². The molecule has 0 saturated carbocycles. The van der Waals surface area contributed by atoms with Crippen LogP contribution in [0, 0.1) is 0 Å². The van der Waals surface area contributed by atoms with E-state index in [1.165, 1.54) is 0 Å². The van der Waals surface area contributed by atoms with Gasteiger partial charge in [-0.25, -0.2) is 4.98 Å². The number of rotatable bonds is 6. The standard InChI is InChI=1S/C19H23N3O3/c1-24-15-10-14(11-16(12-15)25-2)13-21-19(23)17-6-5-7-20-18(17)22-8-3-4-9-22/h5-7,10-12H,3-4,8-9,13H2,1-2H3,(H,21,23). The molecular weight excluding hydrogens is 318 g/mol. The minimum atomic E-state index is -0.128. The number of ether oxygens (including phenoxy) is 2. The molecule has 1 saturated heterocycles. The van der Waals surface area contributed by atoms with Gasteiger partial charge >= 0.3 is 0 Å². The number of benzene rings is 1. The summed E-state index contributed by atoms with van der Waals surface area (Å²) in [4.78, 5) is 19.3. The SMILES string of the molecule is COc1cc(CNC(=O)c2cccnc2N2CCCC2)cc(OC)c1. The molecule has 1 aliphatic rings. The van der Waals surface area contributed by atoms with E-state index in [2.05, 4.69) is 15.2 Å². The third-order valence-corrected chi connectivity index (χ3v) is 4.30. The lowest BCUT2D eigenvalue weighted by Crippen LogP contribution is -2.28. The second kappa shape index (κ2) is 7.88. The quantitative estimate of drug-likeness (QED) is 0.875. The average Bonchev–Trinajstić information content (AvgIpc) is 3.20. The largest absolute Gasteiger partial charge is 0.497 e. The molecule has 25 heavy (non-hydrogen) atoms. The van der Waals surface area contributed by atoms with Crippen molar-refractivity contribution in [2.75, 3.05) is 32.2 Å². The number of anilines is 1. The summed E-state index contributed by atoms with van der Waals surface area (Å²) >= 11 is 0. The molecule has 6 heteroatoms. The number of aromatic nitrogens is 1. The van der Waals surface area contributed by atoms with E-state index in [4.69, 9.17) is 9.47 Å². The molecule has 6 nitrogen and oxygen atoms in total. The molecular formula is C19H23N3O3. The van der Waals surface area contributed by atoms with Crippen LogP contribution >= 0.6 is 0 Å². The number of pyridine rings is 1. The van der Waals surface area contributed by atoms with Crippen LogP contribution in [0.1, 0.15) is 28.8 Å². The fourth-order valence-electron chi connectivity index (χ4n) is 3.00. The predicted molar refractivity (Wildman–Crippen MR) is 96.4 cm³/mol. The zero-order chi connectivity index (χ0) is 17.6. The van der Waals surface area contributed by atoms with Crippen molar-refractivity contribution in [2.24, 2.45) is 0 Å². The number of methoxy groups -OCH3 is 2. The van der Waals surface area contributed by atoms with Gasteiger partial charge in [0.2, 0.25) is 0 Å². The van der Waals surface area contributed by atoms with Crippen LogP contribution in [0.25, 0.3) is 0 Å². The summed E-state index contributed by atoms with van der Waals surface area (Å²) in [6, 6.07) is 9.18. The maximum Gasteiger partial charge on any atom is 0.255 e. The molecule has 1 aliphatic heterocycles. The Morgan fingerprint density at radius 1 is 1.16 bits per heavy atom. The minimum Gasteiger partial charge on any atom is -0.497 e. The first-order valence-corrected chi connectivity index (χ1v) is 8.41. The second-order valence-corrected chi connectivity index (χ2v) is 5.97. The highest BCUT2D eigenvalue weighted by atomic mass is 16.5. The topological polar surface area (TPSA) is 63.7 Å². The van der Waals surface area contributed by atoms with Crippen molar-refractivity contribution in [2.45, 2.75) is 19.4 Å². The Morgan fingerprint density at radius 2 is 1.84 bits per heavy atom. The van der Waals surface area contributed by atoms with E-state index in [-0.39, 0.29) is 5.91 Å². The lowest BCUT2D eigenvalue weighted by molar-refractivity contribution is 0.0951. The van der Waals surface area contributed by atoms with Gasteiger partial charge in [0, 0.05) is 31.9 Å². The van der Waals surface area contributed by atoms with Crippen molar-refractivity contribution in [1.29, 1.82) is 0 Å². The van der Waals surface area contributed by atoms with Crippen molar-refractivity contribution in [3.8, 4) is 11.5 Å². The third kappa shape index (κ3) is 4.02. The zero-order valence-electron chi connectivity index (χ0n) is 14.6. The second-order valence-electron chi connectivity index (χ2n) is 5.97. The van der Waals surface area contributed by atoms with Gasteiger partial charge in [0.1, 0.15) is 17.3 Å². The van der Waals surface area contributed by atoms with Crippen molar-refractivity contribution in [3.05, 3.63) is 47.7 Å².